The molecule has 1 aliphatic carbocycles. The van der Waals surface area contributed by atoms with E-state index in [1.54, 1.807) is 18.2 Å². The van der Waals surface area contributed by atoms with E-state index in [0.717, 1.165) is 28.6 Å². The van der Waals surface area contributed by atoms with Gasteiger partial charge in [-0.1, -0.05) is 47.8 Å². The van der Waals surface area contributed by atoms with Crippen LogP contribution >= 0.6 is 15.9 Å². The van der Waals surface area contributed by atoms with Crippen molar-refractivity contribution in [3.63, 3.8) is 0 Å². The molecule has 5 nitrogen and oxygen atoms in total. The predicted molar refractivity (Wildman–Crippen MR) is 89.1 cm³/mol. The van der Waals surface area contributed by atoms with Gasteiger partial charge in [0.15, 0.2) is 5.78 Å². The molecular weight excluding hydrogens is 360 g/mol. The number of carbonyl (C=O) groups excluding carboxylic acids is 3. The van der Waals surface area contributed by atoms with Crippen LogP contribution in [0.2, 0.25) is 0 Å². The highest BCUT2D eigenvalue weighted by Crippen LogP contribution is 2.38. The third kappa shape index (κ3) is 2.80. The molecule has 1 spiro atoms. The predicted octanol–water partition coefficient (Wildman–Crippen LogP) is 3.13. The van der Waals surface area contributed by atoms with Crippen LogP contribution in [0.4, 0.5) is 4.79 Å². The number of amides is 3. The van der Waals surface area contributed by atoms with Gasteiger partial charge in [-0.3, -0.25) is 14.5 Å². The van der Waals surface area contributed by atoms with E-state index in [2.05, 4.69) is 21.2 Å². The number of nitrogens with one attached hydrogen (secondary N) is 1. The molecule has 2 aliphatic rings. The lowest BCUT2D eigenvalue weighted by molar-refractivity contribution is -0.133. The summed E-state index contributed by atoms with van der Waals surface area (Å²) in [6.45, 7) is 1.78. The quantitative estimate of drug-likeness (QED) is 0.648. The van der Waals surface area contributed by atoms with Gasteiger partial charge in [0.2, 0.25) is 0 Å². The van der Waals surface area contributed by atoms with Crippen LogP contribution in [-0.4, -0.2) is 34.7 Å². The van der Waals surface area contributed by atoms with Crippen molar-refractivity contribution in [2.45, 2.75) is 38.1 Å². The minimum atomic E-state index is -0.813. The monoisotopic (exact) mass is 378 g/mol. The van der Waals surface area contributed by atoms with Crippen molar-refractivity contribution < 1.29 is 14.4 Å². The summed E-state index contributed by atoms with van der Waals surface area (Å²) in [7, 11) is 0. The Hall–Kier alpha value is -1.69. The SMILES string of the molecule is C[C@H]1CCCC[C@@]12NC(=O)N(CC(=O)c1cccc(Br)c1)C2=O. The van der Waals surface area contributed by atoms with Gasteiger partial charge in [-0.2, -0.15) is 0 Å². The smallest absolute Gasteiger partial charge is 0.323 e. The highest BCUT2D eigenvalue weighted by atomic mass is 79.9. The number of benzene rings is 1. The van der Waals surface area contributed by atoms with E-state index in [9.17, 15) is 14.4 Å². The lowest BCUT2D eigenvalue weighted by atomic mass is 9.73. The molecule has 0 aromatic heterocycles. The van der Waals surface area contributed by atoms with Gasteiger partial charge in [0.25, 0.3) is 5.91 Å². The molecule has 0 bridgehead atoms. The Morgan fingerprint density at radius 2 is 2.17 bits per heavy atom. The molecule has 1 aromatic rings. The third-order valence-electron chi connectivity index (χ3n) is 4.95. The van der Waals surface area contributed by atoms with Crippen molar-refractivity contribution in [2.75, 3.05) is 6.54 Å². The molecule has 1 saturated heterocycles. The number of imide groups is 1. The lowest BCUT2D eigenvalue weighted by Crippen LogP contribution is -2.54. The van der Waals surface area contributed by atoms with E-state index in [1.807, 2.05) is 13.0 Å². The Morgan fingerprint density at radius 3 is 2.87 bits per heavy atom. The number of halogens is 1. The molecule has 0 unspecified atom stereocenters. The Balaban J connectivity index is 1.79. The van der Waals surface area contributed by atoms with Crippen LogP contribution in [0, 0.1) is 5.92 Å². The molecule has 3 amide bonds. The molecule has 2 fully saturated rings. The zero-order chi connectivity index (χ0) is 16.6. The first kappa shape index (κ1) is 16.2. The Labute approximate surface area is 143 Å². The highest BCUT2D eigenvalue weighted by molar-refractivity contribution is 9.10. The largest absolute Gasteiger partial charge is 0.325 e. The van der Waals surface area contributed by atoms with Crippen LogP contribution < -0.4 is 5.32 Å². The second-order valence-corrected chi connectivity index (χ2v) is 7.29. The van der Waals surface area contributed by atoms with Gasteiger partial charge in [0, 0.05) is 10.0 Å². The molecule has 0 radical (unpaired) electrons. The summed E-state index contributed by atoms with van der Waals surface area (Å²) >= 11 is 3.32. The van der Waals surface area contributed by atoms with E-state index in [4.69, 9.17) is 0 Å². The van der Waals surface area contributed by atoms with Crippen molar-refractivity contribution in [1.29, 1.82) is 0 Å². The van der Waals surface area contributed by atoms with E-state index in [1.165, 1.54) is 0 Å². The van der Waals surface area contributed by atoms with Crippen molar-refractivity contribution in [2.24, 2.45) is 5.92 Å². The minimum absolute atomic E-state index is 0.0960. The topological polar surface area (TPSA) is 66.5 Å². The average molecular weight is 379 g/mol. The summed E-state index contributed by atoms with van der Waals surface area (Å²) in [5.41, 5.74) is -0.329. The molecule has 23 heavy (non-hydrogen) atoms. The Kier molecular flexibility index (Phi) is 4.27. The maximum Gasteiger partial charge on any atom is 0.325 e. The van der Waals surface area contributed by atoms with Gasteiger partial charge >= 0.3 is 6.03 Å². The van der Waals surface area contributed by atoms with Crippen molar-refractivity contribution in [3.05, 3.63) is 34.3 Å². The molecule has 1 aromatic carbocycles. The molecule has 6 heteroatoms. The first-order valence-corrected chi connectivity index (χ1v) is 8.66. The number of ketones is 1. The Bertz CT molecular complexity index is 676. The first-order chi connectivity index (χ1) is 10.9. The number of nitrogens with zero attached hydrogens (tertiary/aromatic N) is 1. The fourth-order valence-corrected chi connectivity index (χ4v) is 3.94. The van der Waals surface area contributed by atoms with Crippen LogP contribution in [-0.2, 0) is 4.79 Å². The second-order valence-electron chi connectivity index (χ2n) is 6.37. The lowest BCUT2D eigenvalue weighted by Gasteiger charge is -2.36. The average Bonchev–Trinajstić information content (AvgIpc) is 2.75. The Morgan fingerprint density at radius 1 is 1.39 bits per heavy atom. The van der Waals surface area contributed by atoms with Gasteiger partial charge in [-0.15, -0.1) is 0 Å². The summed E-state index contributed by atoms with van der Waals surface area (Å²) in [5, 5.41) is 2.86. The number of hydrogen-bond donors (Lipinski definition) is 1. The van der Waals surface area contributed by atoms with E-state index < -0.39 is 11.6 Å². The molecule has 2 atom stereocenters. The molecule has 1 N–H and O–H groups in total. The van der Waals surface area contributed by atoms with Crippen LogP contribution in [0.5, 0.6) is 0 Å². The van der Waals surface area contributed by atoms with Gasteiger partial charge in [0.1, 0.15) is 5.54 Å². The van der Waals surface area contributed by atoms with Crippen molar-refractivity contribution in [3.8, 4) is 0 Å². The third-order valence-corrected chi connectivity index (χ3v) is 5.44. The van der Waals surface area contributed by atoms with Crippen LogP contribution in [0.1, 0.15) is 43.0 Å². The summed E-state index contributed by atoms with van der Waals surface area (Å²) in [6.07, 6.45) is 3.56. The number of rotatable bonds is 3. The van der Waals surface area contributed by atoms with Crippen LogP contribution in [0.25, 0.3) is 0 Å². The summed E-state index contributed by atoms with van der Waals surface area (Å²) in [6, 6.07) is 6.51. The number of urea groups is 1. The number of hydrogen-bond acceptors (Lipinski definition) is 3. The summed E-state index contributed by atoms with van der Waals surface area (Å²) < 4.78 is 0.790. The normalized spacial score (nSPS) is 27.4. The fraction of sp³-hybridized carbons (Fsp3) is 0.471. The molecule has 1 aliphatic heterocycles. The standard InChI is InChI=1S/C17H19BrN2O3/c1-11-5-2-3-8-17(11)15(22)20(16(23)19-17)10-14(21)12-6-4-7-13(18)9-12/h4,6-7,9,11H,2-3,5,8,10H2,1H3,(H,19,23)/t11-,17+/m0/s1. The zero-order valence-electron chi connectivity index (χ0n) is 13.0. The van der Waals surface area contributed by atoms with Gasteiger partial charge in [0.05, 0.1) is 6.54 Å². The number of Topliss-reactive ketones (excluding diaryl/α,β-unsaturated/α-hetero) is 1. The summed E-state index contributed by atoms with van der Waals surface area (Å²) in [4.78, 5) is 38.6. The molecule has 122 valence electrons. The first-order valence-electron chi connectivity index (χ1n) is 7.87. The van der Waals surface area contributed by atoms with Crippen molar-refractivity contribution in [1.82, 2.24) is 10.2 Å². The molecule has 3 rings (SSSR count). The van der Waals surface area contributed by atoms with Crippen molar-refractivity contribution >= 4 is 33.7 Å². The van der Waals surface area contributed by atoms with Gasteiger partial charge in [-0.05, 0) is 30.9 Å². The summed E-state index contributed by atoms with van der Waals surface area (Å²) in [5.74, 6) is -0.396. The number of carbonyl (C=O) groups is 3. The van der Waals surface area contributed by atoms with Crippen LogP contribution in [0.15, 0.2) is 28.7 Å². The maximum atomic E-state index is 12.8. The van der Waals surface area contributed by atoms with E-state index >= 15 is 0 Å². The molecule has 1 saturated carbocycles. The zero-order valence-corrected chi connectivity index (χ0v) is 14.6. The second kappa shape index (κ2) is 6.07. The molecular formula is C17H19BrN2O3. The van der Waals surface area contributed by atoms with Crippen LogP contribution in [0.3, 0.4) is 0 Å². The molecule has 1 heterocycles. The van der Waals surface area contributed by atoms with E-state index in [-0.39, 0.29) is 24.2 Å². The highest BCUT2D eigenvalue weighted by Gasteiger charge is 2.55. The fourth-order valence-electron chi connectivity index (χ4n) is 3.54. The van der Waals surface area contributed by atoms with E-state index in [0.29, 0.717) is 12.0 Å². The van der Waals surface area contributed by atoms with Gasteiger partial charge in [-0.25, -0.2) is 4.79 Å². The maximum absolute atomic E-state index is 12.8. The van der Waals surface area contributed by atoms with Gasteiger partial charge < -0.3 is 5.32 Å². The minimum Gasteiger partial charge on any atom is -0.323 e.